The van der Waals surface area contributed by atoms with Gasteiger partial charge in [-0.2, -0.15) is 10.1 Å². The molecule has 8 nitrogen and oxygen atoms in total. The Morgan fingerprint density at radius 3 is 2.76 bits per heavy atom. The van der Waals surface area contributed by atoms with Crippen LogP contribution in [0.3, 0.4) is 0 Å². The number of nitrogens with one attached hydrogen (secondary N) is 2. The zero-order valence-corrected chi connectivity index (χ0v) is 16.6. The lowest BCUT2D eigenvalue weighted by atomic mass is 10.1. The Hall–Kier alpha value is -3.26. The van der Waals surface area contributed by atoms with E-state index in [1.807, 2.05) is 35.0 Å². The maximum atomic E-state index is 4.51. The van der Waals surface area contributed by atoms with Gasteiger partial charge in [-0.15, -0.1) is 0 Å². The van der Waals surface area contributed by atoms with E-state index in [4.69, 9.17) is 0 Å². The highest BCUT2D eigenvalue weighted by Crippen LogP contribution is 2.15. The fourth-order valence-corrected chi connectivity index (χ4v) is 3.36. The van der Waals surface area contributed by atoms with Gasteiger partial charge in [0.1, 0.15) is 5.82 Å². The van der Waals surface area contributed by atoms with Gasteiger partial charge < -0.3 is 14.8 Å². The molecule has 4 rings (SSSR count). The number of rotatable bonds is 7. The van der Waals surface area contributed by atoms with Crippen molar-refractivity contribution in [1.82, 2.24) is 24.4 Å². The predicted molar refractivity (Wildman–Crippen MR) is 115 cm³/mol. The largest absolute Gasteiger partial charge is 0.367 e. The zero-order valence-electron chi connectivity index (χ0n) is 16.6. The number of aromatic nitrogens is 4. The van der Waals surface area contributed by atoms with Crippen LogP contribution < -0.4 is 10.7 Å². The lowest BCUT2D eigenvalue weighted by molar-refractivity contribution is 0.263. The third-order valence-electron chi connectivity index (χ3n) is 5.01. The van der Waals surface area contributed by atoms with Crippen LogP contribution in [0, 0.1) is 0 Å². The number of benzene rings is 1. The van der Waals surface area contributed by atoms with E-state index in [1.165, 1.54) is 5.56 Å². The molecule has 0 amide bonds. The first-order chi connectivity index (χ1) is 14.3. The third-order valence-corrected chi connectivity index (χ3v) is 5.01. The fourth-order valence-electron chi connectivity index (χ4n) is 3.36. The van der Waals surface area contributed by atoms with E-state index in [-0.39, 0.29) is 0 Å². The first-order valence-electron chi connectivity index (χ1n) is 9.88. The summed E-state index contributed by atoms with van der Waals surface area (Å²) >= 11 is 0. The summed E-state index contributed by atoms with van der Waals surface area (Å²) in [6.45, 7) is 2.95. The highest BCUT2D eigenvalue weighted by molar-refractivity contribution is 5.75. The highest BCUT2D eigenvalue weighted by Gasteiger charge is 2.16. The maximum absolute atomic E-state index is 4.51. The monoisotopic (exact) mass is 390 g/mol. The van der Waals surface area contributed by atoms with Gasteiger partial charge in [-0.25, -0.2) is 15.4 Å². The highest BCUT2D eigenvalue weighted by atomic mass is 15.4. The number of likely N-dealkylation sites (tertiary alicyclic amines) is 1. The van der Waals surface area contributed by atoms with Crippen LogP contribution in [0.2, 0.25) is 0 Å². The lowest BCUT2D eigenvalue weighted by Crippen LogP contribution is -2.36. The summed E-state index contributed by atoms with van der Waals surface area (Å²) in [5, 5.41) is 7.76. The molecule has 29 heavy (non-hydrogen) atoms. The van der Waals surface area contributed by atoms with E-state index in [9.17, 15) is 0 Å². The number of anilines is 2. The van der Waals surface area contributed by atoms with Gasteiger partial charge in [-0.3, -0.25) is 0 Å². The van der Waals surface area contributed by atoms with Crippen molar-refractivity contribution in [2.24, 2.45) is 5.10 Å². The van der Waals surface area contributed by atoms with E-state index in [1.54, 1.807) is 18.6 Å². The summed E-state index contributed by atoms with van der Waals surface area (Å²) in [6.07, 6.45) is 9.36. The van der Waals surface area contributed by atoms with E-state index in [0.717, 1.165) is 44.1 Å². The number of hydrazone groups is 1. The standard InChI is InChI=1S/C21H26N8/c1-28-12-8-18(9-13-28)25-19-7-10-23-21(26-19)27-24-15-20-22-11-14-29(20)16-17-5-3-2-4-6-17/h2-7,10-11,14-15,18H,8-9,12-13,16H2,1H3,(H2,23,25,26,27)/b24-15+. The summed E-state index contributed by atoms with van der Waals surface area (Å²) in [4.78, 5) is 15.5. The molecule has 0 unspecified atom stereocenters. The molecule has 0 saturated carbocycles. The molecule has 0 spiro atoms. The molecule has 0 aliphatic carbocycles. The van der Waals surface area contributed by atoms with Crippen molar-refractivity contribution in [3.05, 3.63) is 66.4 Å². The van der Waals surface area contributed by atoms with Gasteiger partial charge in [0.25, 0.3) is 0 Å². The maximum Gasteiger partial charge on any atom is 0.245 e. The predicted octanol–water partition coefficient (Wildman–Crippen LogP) is 2.67. The molecule has 1 saturated heterocycles. The Kier molecular flexibility index (Phi) is 6.11. The Bertz CT molecular complexity index is 929. The summed E-state index contributed by atoms with van der Waals surface area (Å²) in [7, 11) is 2.16. The number of hydrogen-bond acceptors (Lipinski definition) is 7. The Balaban J connectivity index is 1.35. The molecule has 0 atom stereocenters. The van der Waals surface area contributed by atoms with E-state index in [2.05, 4.69) is 54.9 Å². The molecular formula is C21H26N8. The molecule has 0 bridgehead atoms. The first kappa shape index (κ1) is 19.1. The average molecular weight is 390 g/mol. The van der Waals surface area contributed by atoms with E-state index >= 15 is 0 Å². The molecule has 1 fully saturated rings. The summed E-state index contributed by atoms with van der Waals surface area (Å²) in [6, 6.07) is 12.6. The number of imidazole rings is 1. The van der Waals surface area contributed by atoms with Gasteiger partial charge in [-0.05, 0) is 44.6 Å². The van der Waals surface area contributed by atoms with Crippen LogP contribution in [0.4, 0.5) is 11.8 Å². The van der Waals surface area contributed by atoms with Crippen LogP contribution in [-0.4, -0.2) is 56.8 Å². The fraction of sp³-hybridized carbons (Fsp3) is 0.333. The van der Waals surface area contributed by atoms with Gasteiger partial charge in [0.05, 0.1) is 6.21 Å². The van der Waals surface area contributed by atoms with Crippen molar-refractivity contribution in [3.8, 4) is 0 Å². The molecule has 150 valence electrons. The van der Waals surface area contributed by atoms with Crippen LogP contribution in [0.15, 0.2) is 60.1 Å². The Labute approximate surface area is 170 Å². The minimum absolute atomic E-state index is 0.447. The summed E-state index contributed by atoms with van der Waals surface area (Å²) in [5.74, 6) is 2.04. The average Bonchev–Trinajstić information content (AvgIpc) is 3.18. The van der Waals surface area contributed by atoms with Crippen molar-refractivity contribution >= 4 is 18.0 Å². The topological polar surface area (TPSA) is 83.3 Å². The van der Waals surface area contributed by atoms with Gasteiger partial charge in [0, 0.05) is 31.2 Å². The molecule has 1 aromatic carbocycles. The number of hydrogen-bond donors (Lipinski definition) is 2. The number of piperidine rings is 1. The molecule has 0 radical (unpaired) electrons. The molecular weight excluding hydrogens is 364 g/mol. The molecule has 2 aromatic heterocycles. The summed E-state index contributed by atoms with van der Waals surface area (Å²) in [5.41, 5.74) is 4.12. The van der Waals surface area contributed by atoms with Gasteiger partial charge in [-0.1, -0.05) is 30.3 Å². The minimum Gasteiger partial charge on any atom is -0.367 e. The second-order valence-corrected chi connectivity index (χ2v) is 7.26. The van der Waals surface area contributed by atoms with Gasteiger partial charge in [0.15, 0.2) is 5.82 Å². The second-order valence-electron chi connectivity index (χ2n) is 7.26. The summed E-state index contributed by atoms with van der Waals surface area (Å²) < 4.78 is 2.04. The van der Waals surface area contributed by atoms with Crippen molar-refractivity contribution in [2.75, 3.05) is 30.9 Å². The van der Waals surface area contributed by atoms with Crippen LogP contribution in [0.1, 0.15) is 24.2 Å². The molecule has 1 aliphatic heterocycles. The van der Waals surface area contributed by atoms with E-state index < -0.39 is 0 Å². The quantitative estimate of drug-likeness (QED) is 0.477. The van der Waals surface area contributed by atoms with Crippen molar-refractivity contribution in [2.45, 2.75) is 25.4 Å². The Morgan fingerprint density at radius 1 is 1.10 bits per heavy atom. The van der Waals surface area contributed by atoms with E-state index in [0.29, 0.717) is 12.0 Å². The van der Waals surface area contributed by atoms with Crippen LogP contribution in [0.25, 0.3) is 0 Å². The second kappa shape index (κ2) is 9.29. The van der Waals surface area contributed by atoms with Crippen molar-refractivity contribution in [3.63, 3.8) is 0 Å². The molecule has 1 aliphatic rings. The first-order valence-corrected chi connectivity index (χ1v) is 9.88. The van der Waals surface area contributed by atoms with Gasteiger partial charge >= 0.3 is 0 Å². The third kappa shape index (κ3) is 5.39. The number of nitrogens with zero attached hydrogens (tertiary/aromatic N) is 6. The smallest absolute Gasteiger partial charge is 0.245 e. The van der Waals surface area contributed by atoms with Crippen LogP contribution >= 0.6 is 0 Å². The van der Waals surface area contributed by atoms with Crippen LogP contribution in [0.5, 0.6) is 0 Å². The molecule has 3 heterocycles. The minimum atomic E-state index is 0.447. The SMILES string of the molecule is CN1CCC(Nc2ccnc(N/N=C/c3nccn3Cc3ccccc3)n2)CC1. The normalized spacial score (nSPS) is 15.6. The zero-order chi connectivity index (χ0) is 19.9. The molecule has 8 heteroatoms. The van der Waals surface area contributed by atoms with Crippen molar-refractivity contribution in [1.29, 1.82) is 0 Å². The lowest BCUT2D eigenvalue weighted by Gasteiger charge is -2.29. The molecule has 3 aromatic rings. The van der Waals surface area contributed by atoms with Crippen LogP contribution in [-0.2, 0) is 6.54 Å². The van der Waals surface area contributed by atoms with Crippen molar-refractivity contribution < 1.29 is 0 Å². The molecule has 2 N–H and O–H groups in total. The van der Waals surface area contributed by atoms with Gasteiger partial charge in [0.2, 0.25) is 5.95 Å². The Morgan fingerprint density at radius 2 is 1.93 bits per heavy atom.